The molecule has 0 heterocycles. The summed E-state index contributed by atoms with van der Waals surface area (Å²) in [7, 11) is 0. The fourth-order valence-electron chi connectivity index (χ4n) is 3.46. The smallest absolute Gasteiger partial charge is 0.304 e. The number of rotatable bonds is 14. The molecule has 0 saturated carbocycles. The van der Waals surface area contributed by atoms with Gasteiger partial charge in [-0.1, -0.05) is 65.0 Å². The van der Waals surface area contributed by atoms with Crippen molar-refractivity contribution in [1.82, 2.24) is 5.32 Å². The Morgan fingerprint density at radius 2 is 1.76 bits per heavy atom. The van der Waals surface area contributed by atoms with Gasteiger partial charge >= 0.3 is 5.97 Å². The third kappa shape index (κ3) is 12.7. The first kappa shape index (κ1) is 23.7. The van der Waals surface area contributed by atoms with Gasteiger partial charge in [-0.25, -0.2) is 0 Å². The van der Waals surface area contributed by atoms with Gasteiger partial charge in [0, 0.05) is 6.54 Å². The van der Waals surface area contributed by atoms with E-state index in [1.807, 2.05) is 6.92 Å². The van der Waals surface area contributed by atoms with Gasteiger partial charge < -0.3 is 10.4 Å². The minimum Gasteiger partial charge on any atom is -0.481 e. The number of amides is 1. The lowest BCUT2D eigenvalue weighted by Gasteiger charge is -2.18. The summed E-state index contributed by atoms with van der Waals surface area (Å²) in [5.41, 5.74) is 1.12. The Labute approximate surface area is 154 Å². The molecule has 0 saturated heterocycles. The second kappa shape index (κ2) is 13.9. The molecule has 146 valence electrons. The average Bonchev–Trinajstić information content (AvgIpc) is 2.50. The zero-order valence-corrected chi connectivity index (χ0v) is 16.9. The molecule has 1 amide bonds. The maximum atomic E-state index is 12.3. The van der Waals surface area contributed by atoms with Gasteiger partial charge in [0.2, 0.25) is 5.91 Å². The van der Waals surface area contributed by atoms with Crippen LogP contribution in [0.15, 0.2) is 11.6 Å². The standard InChI is InChI=1S/C21H39NO3/c1-6-8-9-11-22-21(25)19(15-20(23)24)14-18(5)13-17(4)12-16(3)10-7-2/h13,16-17,19H,6-12,14-15H2,1-5H3,(H,22,25)(H,23,24)/b18-13+. The summed E-state index contributed by atoms with van der Waals surface area (Å²) >= 11 is 0. The van der Waals surface area contributed by atoms with Crippen molar-refractivity contribution in [2.24, 2.45) is 17.8 Å². The van der Waals surface area contributed by atoms with Gasteiger partial charge in [0.05, 0.1) is 12.3 Å². The quantitative estimate of drug-likeness (QED) is 0.334. The van der Waals surface area contributed by atoms with Gasteiger partial charge in [-0.15, -0.1) is 0 Å². The second-order valence-electron chi connectivity index (χ2n) is 7.62. The number of hydrogen-bond donors (Lipinski definition) is 2. The molecule has 0 radical (unpaired) electrons. The highest BCUT2D eigenvalue weighted by atomic mass is 16.4. The fourth-order valence-corrected chi connectivity index (χ4v) is 3.46. The van der Waals surface area contributed by atoms with Crippen molar-refractivity contribution in [2.75, 3.05) is 6.54 Å². The Bertz CT molecular complexity index is 417. The van der Waals surface area contributed by atoms with Crippen molar-refractivity contribution in [1.29, 1.82) is 0 Å². The van der Waals surface area contributed by atoms with E-state index in [9.17, 15) is 9.59 Å². The van der Waals surface area contributed by atoms with E-state index in [-0.39, 0.29) is 12.3 Å². The molecule has 0 aliphatic rings. The lowest BCUT2D eigenvalue weighted by Crippen LogP contribution is -2.33. The van der Waals surface area contributed by atoms with Crippen molar-refractivity contribution in [2.45, 2.75) is 86.0 Å². The van der Waals surface area contributed by atoms with E-state index in [2.05, 4.69) is 39.1 Å². The molecule has 0 aliphatic heterocycles. The van der Waals surface area contributed by atoms with Crippen LogP contribution >= 0.6 is 0 Å². The van der Waals surface area contributed by atoms with E-state index >= 15 is 0 Å². The number of aliphatic carboxylic acids is 1. The Kier molecular flexibility index (Phi) is 13.2. The van der Waals surface area contributed by atoms with E-state index in [0.717, 1.165) is 31.3 Å². The molecule has 0 aromatic rings. The molecular formula is C21H39NO3. The van der Waals surface area contributed by atoms with Crippen LogP contribution < -0.4 is 5.32 Å². The van der Waals surface area contributed by atoms with Crippen molar-refractivity contribution in [3.63, 3.8) is 0 Å². The SMILES string of the molecule is CCCCCNC(=O)C(CC(=O)O)C/C(C)=C/C(C)CC(C)CCC. The van der Waals surface area contributed by atoms with Gasteiger partial charge in [0.1, 0.15) is 0 Å². The van der Waals surface area contributed by atoms with Crippen LogP contribution in [0, 0.1) is 17.8 Å². The lowest BCUT2D eigenvalue weighted by molar-refractivity contribution is -0.141. The zero-order chi connectivity index (χ0) is 19.2. The van der Waals surface area contributed by atoms with Gasteiger partial charge in [-0.3, -0.25) is 9.59 Å². The van der Waals surface area contributed by atoms with Crippen LogP contribution in [-0.4, -0.2) is 23.5 Å². The Morgan fingerprint density at radius 3 is 2.32 bits per heavy atom. The zero-order valence-electron chi connectivity index (χ0n) is 16.9. The molecule has 2 N–H and O–H groups in total. The lowest BCUT2D eigenvalue weighted by atomic mass is 9.90. The molecule has 0 aliphatic carbocycles. The monoisotopic (exact) mass is 353 g/mol. The van der Waals surface area contributed by atoms with E-state index in [1.54, 1.807) is 0 Å². The number of carboxylic acids is 1. The molecular weight excluding hydrogens is 314 g/mol. The van der Waals surface area contributed by atoms with Crippen molar-refractivity contribution < 1.29 is 14.7 Å². The predicted molar refractivity (Wildman–Crippen MR) is 105 cm³/mol. The highest BCUT2D eigenvalue weighted by molar-refractivity contribution is 5.83. The predicted octanol–water partition coefficient (Wildman–Crippen LogP) is 5.18. The molecule has 4 nitrogen and oxygen atoms in total. The maximum Gasteiger partial charge on any atom is 0.304 e. The van der Waals surface area contributed by atoms with Crippen LogP contribution in [0.25, 0.3) is 0 Å². The third-order valence-electron chi connectivity index (χ3n) is 4.56. The fraction of sp³-hybridized carbons (Fsp3) is 0.810. The largest absolute Gasteiger partial charge is 0.481 e. The molecule has 0 bridgehead atoms. The molecule has 0 fully saturated rings. The summed E-state index contributed by atoms with van der Waals surface area (Å²) < 4.78 is 0. The first-order valence-corrected chi connectivity index (χ1v) is 9.96. The minimum absolute atomic E-state index is 0.106. The van der Waals surface area contributed by atoms with Gasteiger partial charge in [0.15, 0.2) is 0 Å². The van der Waals surface area contributed by atoms with E-state index in [1.165, 1.54) is 12.8 Å². The summed E-state index contributed by atoms with van der Waals surface area (Å²) in [4.78, 5) is 23.4. The number of carbonyl (C=O) groups excluding carboxylic acids is 1. The highest BCUT2D eigenvalue weighted by Gasteiger charge is 2.22. The van der Waals surface area contributed by atoms with Crippen LogP contribution in [0.5, 0.6) is 0 Å². The van der Waals surface area contributed by atoms with E-state index in [4.69, 9.17) is 5.11 Å². The second-order valence-corrected chi connectivity index (χ2v) is 7.62. The third-order valence-corrected chi connectivity index (χ3v) is 4.56. The summed E-state index contributed by atoms with van der Waals surface area (Å²) in [5.74, 6) is -0.361. The van der Waals surface area contributed by atoms with Gasteiger partial charge in [-0.05, 0) is 38.0 Å². The van der Waals surface area contributed by atoms with Crippen molar-refractivity contribution >= 4 is 11.9 Å². The molecule has 25 heavy (non-hydrogen) atoms. The number of carbonyl (C=O) groups is 2. The van der Waals surface area contributed by atoms with Crippen LogP contribution in [0.1, 0.15) is 86.0 Å². The van der Waals surface area contributed by atoms with Crippen LogP contribution in [-0.2, 0) is 9.59 Å². The number of nitrogens with one attached hydrogen (secondary N) is 1. The van der Waals surface area contributed by atoms with E-state index < -0.39 is 11.9 Å². The Morgan fingerprint density at radius 1 is 1.08 bits per heavy atom. The summed E-state index contributed by atoms with van der Waals surface area (Å²) in [5, 5.41) is 12.0. The molecule has 0 rings (SSSR count). The van der Waals surface area contributed by atoms with Crippen LogP contribution in [0.3, 0.4) is 0 Å². The average molecular weight is 354 g/mol. The molecule has 0 aromatic heterocycles. The summed E-state index contributed by atoms with van der Waals surface area (Å²) in [6.07, 6.45) is 9.34. The molecule has 4 heteroatoms. The van der Waals surface area contributed by atoms with Crippen LogP contribution in [0.2, 0.25) is 0 Å². The number of allylic oxidation sites excluding steroid dienone is 2. The first-order chi connectivity index (χ1) is 11.8. The number of carboxylic acid groups (broad SMARTS) is 1. The van der Waals surface area contributed by atoms with Gasteiger partial charge in [0.25, 0.3) is 0 Å². The topological polar surface area (TPSA) is 66.4 Å². The maximum absolute atomic E-state index is 12.3. The van der Waals surface area contributed by atoms with Crippen molar-refractivity contribution in [3.8, 4) is 0 Å². The van der Waals surface area contributed by atoms with Crippen molar-refractivity contribution in [3.05, 3.63) is 11.6 Å². The minimum atomic E-state index is -0.911. The van der Waals surface area contributed by atoms with Gasteiger partial charge in [-0.2, -0.15) is 0 Å². The molecule has 3 unspecified atom stereocenters. The summed E-state index contributed by atoms with van der Waals surface area (Å²) in [6.45, 7) is 11.5. The Balaban J connectivity index is 4.63. The molecule has 3 atom stereocenters. The molecule has 0 aromatic carbocycles. The van der Waals surface area contributed by atoms with E-state index in [0.29, 0.717) is 24.8 Å². The Hall–Kier alpha value is -1.32. The summed E-state index contributed by atoms with van der Waals surface area (Å²) in [6, 6.07) is 0. The number of hydrogen-bond acceptors (Lipinski definition) is 2. The highest BCUT2D eigenvalue weighted by Crippen LogP contribution is 2.22. The molecule has 0 spiro atoms. The van der Waals surface area contributed by atoms with Crippen LogP contribution in [0.4, 0.5) is 0 Å². The first-order valence-electron chi connectivity index (χ1n) is 9.96. The normalized spacial score (nSPS) is 15.5. The number of unbranched alkanes of at least 4 members (excludes halogenated alkanes) is 2.